The molecule has 0 saturated carbocycles. The van der Waals surface area contributed by atoms with Crippen LogP contribution in [0.5, 0.6) is 0 Å². The Labute approximate surface area is 152 Å². The molecule has 134 valence electrons. The molecule has 6 heteroatoms. The van der Waals surface area contributed by atoms with Crippen LogP contribution in [0, 0.1) is 5.92 Å². The molecule has 26 heavy (non-hydrogen) atoms. The minimum absolute atomic E-state index is 0.0214. The number of benzene rings is 1. The van der Waals surface area contributed by atoms with Gasteiger partial charge in [0, 0.05) is 41.9 Å². The Bertz CT molecular complexity index is 977. The van der Waals surface area contributed by atoms with Crippen LogP contribution < -0.4 is 5.32 Å². The second-order valence-corrected chi connectivity index (χ2v) is 7.03. The van der Waals surface area contributed by atoms with Gasteiger partial charge in [0.05, 0.1) is 31.0 Å². The summed E-state index contributed by atoms with van der Waals surface area (Å²) in [5.74, 6) is -0.0445. The number of pyridine rings is 1. The second-order valence-electron chi connectivity index (χ2n) is 7.03. The molecule has 4 rings (SSSR count). The van der Waals surface area contributed by atoms with Crippen molar-refractivity contribution in [2.45, 2.75) is 26.5 Å². The highest BCUT2D eigenvalue weighted by atomic mass is 16.5. The van der Waals surface area contributed by atoms with Crippen LogP contribution in [-0.4, -0.2) is 27.3 Å². The van der Waals surface area contributed by atoms with Crippen LogP contribution in [0.4, 0.5) is 0 Å². The number of nitrogens with one attached hydrogen (secondary N) is 1. The molecule has 3 aromatic rings. The van der Waals surface area contributed by atoms with E-state index < -0.39 is 0 Å². The first-order valence-electron chi connectivity index (χ1n) is 8.81. The SMILES string of the molecule is CC(C)C(=O)NC1COCc2c(-c3ccc4cnn(C)c4c3)cncc21. The van der Waals surface area contributed by atoms with Crippen molar-refractivity contribution in [1.29, 1.82) is 0 Å². The number of rotatable bonds is 3. The molecule has 1 amide bonds. The molecule has 1 aliphatic rings. The smallest absolute Gasteiger partial charge is 0.223 e. The Balaban J connectivity index is 1.76. The number of nitrogens with zero attached hydrogens (tertiary/aromatic N) is 3. The largest absolute Gasteiger partial charge is 0.374 e. The fourth-order valence-corrected chi connectivity index (χ4v) is 3.35. The monoisotopic (exact) mass is 350 g/mol. The van der Waals surface area contributed by atoms with E-state index >= 15 is 0 Å². The van der Waals surface area contributed by atoms with Crippen LogP contribution in [0.25, 0.3) is 22.0 Å². The minimum Gasteiger partial charge on any atom is -0.374 e. The number of hydrogen-bond acceptors (Lipinski definition) is 4. The third kappa shape index (κ3) is 2.86. The van der Waals surface area contributed by atoms with Crippen molar-refractivity contribution >= 4 is 16.8 Å². The minimum atomic E-state index is -0.165. The summed E-state index contributed by atoms with van der Waals surface area (Å²) in [6, 6.07) is 6.10. The van der Waals surface area contributed by atoms with E-state index in [1.54, 1.807) is 0 Å². The van der Waals surface area contributed by atoms with Crippen molar-refractivity contribution < 1.29 is 9.53 Å². The van der Waals surface area contributed by atoms with E-state index in [-0.39, 0.29) is 17.9 Å². The summed E-state index contributed by atoms with van der Waals surface area (Å²) in [5, 5.41) is 8.48. The maximum Gasteiger partial charge on any atom is 0.223 e. The van der Waals surface area contributed by atoms with Crippen LogP contribution >= 0.6 is 0 Å². The summed E-state index contributed by atoms with van der Waals surface area (Å²) < 4.78 is 7.65. The van der Waals surface area contributed by atoms with Crippen molar-refractivity contribution in [3.05, 3.63) is 47.9 Å². The molecule has 0 bridgehead atoms. The average molecular weight is 350 g/mol. The van der Waals surface area contributed by atoms with Crippen molar-refractivity contribution in [2.75, 3.05) is 6.61 Å². The lowest BCUT2D eigenvalue weighted by Gasteiger charge is -2.28. The number of fused-ring (bicyclic) bond motifs is 2. The van der Waals surface area contributed by atoms with Gasteiger partial charge in [-0.25, -0.2) is 0 Å². The number of carbonyl (C=O) groups excluding carboxylic acids is 1. The Kier molecular flexibility index (Phi) is 4.20. The lowest BCUT2D eigenvalue weighted by atomic mass is 9.93. The van der Waals surface area contributed by atoms with Gasteiger partial charge in [0.1, 0.15) is 0 Å². The maximum absolute atomic E-state index is 12.1. The zero-order chi connectivity index (χ0) is 18.3. The summed E-state index contributed by atoms with van der Waals surface area (Å²) in [4.78, 5) is 16.6. The Morgan fingerprint density at radius 2 is 2.15 bits per heavy atom. The molecule has 1 aromatic carbocycles. The van der Waals surface area contributed by atoms with Crippen molar-refractivity contribution in [1.82, 2.24) is 20.1 Å². The average Bonchev–Trinajstić information content (AvgIpc) is 3.02. The molecule has 1 atom stereocenters. The molecule has 3 heterocycles. The molecule has 1 N–H and O–H groups in total. The number of aryl methyl sites for hydroxylation is 1. The highest BCUT2D eigenvalue weighted by molar-refractivity contribution is 5.85. The van der Waals surface area contributed by atoms with Crippen molar-refractivity contribution in [2.24, 2.45) is 13.0 Å². The molecular formula is C20H22N4O2. The Morgan fingerprint density at radius 3 is 2.96 bits per heavy atom. The fourth-order valence-electron chi connectivity index (χ4n) is 3.35. The topological polar surface area (TPSA) is 69.0 Å². The molecule has 1 aliphatic heterocycles. The van der Waals surface area contributed by atoms with E-state index in [1.807, 2.05) is 44.2 Å². The quantitative estimate of drug-likeness (QED) is 0.788. The van der Waals surface area contributed by atoms with Crippen LogP contribution in [0.1, 0.15) is 31.0 Å². The second kappa shape index (κ2) is 6.53. The highest BCUT2D eigenvalue weighted by Gasteiger charge is 2.26. The first kappa shape index (κ1) is 16.7. The van der Waals surface area contributed by atoms with Crippen molar-refractivity contribution in [3.8, 4) is 11.1 Å². The molecular weight excluding hydrogens is 328 g/mol. The van der Waals surface area contributed by atoms with Gasteiger partial charge in [-0.2, -0.15) is 5.10 Å². The molecule has 2 aromatic heterocycles. The van der Waals surface area contributed by atoms with Gasteiger partial charge in [-0.15, -0.1) is 0 Å². The molecule has 1 unspecified atom stereocenters. The lowest BCUT2D eigenvalue weighted by Crippen LogP contribution is -2.36. The Hall–Kier alpha value is -2.73. The summed E-state index contributed by atoms with van der Waals surface area (Å²) in [5.41, 5.74) is 5.30. The fraction of sp³-hybridized carbons (Fsp3) is 0.350. The normalized spacial score (nSPS) is 16.7. The number of ether oxygens (including phenoxy) is 1. The Morgan fingerprint density at radius 1 is 1.31 bits per heavy atom. The predicted octanol–water partition coefficient (Wildman–Crippen LogP) is 2.98. The van der Waals surface area contributed by atoms with Crippen LogP contribution in [0.3, 0.4) is 0 Å². The van der Waals surface area contributed by atoms with E-state index in [0.29, 0.717) is 13.2 Å². The number of hydrogen-bond donors (Lipinski definition) is 1. The summed E-state index contributed by atoms with van der Waals surface area (Å²) >= 11 is 0. The van der Waals surface area contributed by atoms with Gasteiger partial charge in [0.15, 0.2) is 0 Å². The van der Waals surface area contributed by atoms with Crippen LogP contribution in [0.15, 0.2) is 36.8 Å². The molecule has 0 aliphatic carbocycles. The molecule has 0 radical (unpaired) electrons. The summed E-state index contributed by atoms with van der Waals surface area (Å²) in [7, 11) is 1.94. The van der Waals surface area contributed by atoms with E-state index in [4.69, 9.17) is 4.74 Å². The van der Waals surface area contributed by atoms with Gasteiger partial charge < -0.3 is 10.1 Å². The summed E-state index contributed by atoms with van der Waals surface area (Å²) in [6.07, 6.45) is 5.57. The number of amides is 1. The highest BCUT2D eigenvalue weighted by Crippen LogP contribution is 2.33. The predicted molar refractivity (Wildman–Crippen MR) is 99.3 cm³/mol. The third-order valence-corrected chi connectivity index (χ3v) is 4.90. The zero-order valence-electron chi connectivity index (χ0n) is 15.2. The van der Waals surface area contributed by atoms with Gasteiger partial charge in [-0.05, 0) is 17.2 Å². The molecule has 6 nitrogen and oxygen atoms in total. The zero-order valence-corrected chi connectivity index (χ0v) is 15.2. The van der Waals surface area contributed by atoms with Gasteiger partial charge in [-0.3, -0.25) is 14.5 Å². The van der Waals surface area contributed by atoms with Crippen LogP contribution in [0.2, 0.25) is 0 Å². The molecule has 0 fully saturated rings. The number of carbonyl (C=O) groups is 1. The maximum atomic E-state index is 12.1. The molecule has 0 spiro atoms. The third-order valence-electron chi connectivity index (χ3n) is 4.90. The van der Waals surface area contributed by atoms with E-state index in [0.717, 1.165) is 33.2 Å². The van der Waals surface area contributed by atoms with Gasteiger partial charge >= 0.3 is 0 Å². The number of aromatic nitrogens is 3. The van der Waals surface area contributed by atoms with Crippen molar-refractivity contribution in [3.63, 3.8) is 0 Å². The van der Waals surface area contributed by atoms with Gasteiger partial charge in [-0.1, -0.05) is 26.0 Å². The molecule has 0 saturated heterocycles. The van der Waals surface area contributed by atoms with Gasteiger partial charge in [0.2, 0.25) is 5.91 Å². The lowest BCUT2D eigenvalue weighted by molar-refractivity contribution is -0.125. The standard InChI is InChI=1S/C20H22N4O2/c1-12(2)20(25)23-18-11-26-10-17-15(8-21-9-16(17)18)13-4-5-14-7-22-24(3)19(14)6-13/h4-9,12,18H,10-11H2,1-3H3,(H,23,25). The van der Waals surface area contributed by atoms with E-state index in [2.05, 4.69) is 33.6 Å². The summed E-state index contributed by atoms with van der Waals surface area (Å²) in [6.45, 7) is 4.76. The first-order chi connectivity index (χ1) is 12.5. The first-order valence-corrected chi connectivity index (χ1v) is 8.81. The van der Waals surface area contributed by atoms with E-state index in [1.165, 1.54) is 0 Å². The van der Waals surface area contributed by atoms with Gasteiger partial charge in [0.25, 0.3) is 0 Å². The van der Waals surface area contributed by atoms with E-state index in [9.17, 15) is 4.79 Å². The van der Waals surface area contributed by atoms with Crippen LogP contribution in [-0.2, 0) is 23.2 Å².